The van der Waals surface area contributed by atoms with E-state index in [1.165, 1.54) is 23.6 Å². The predicted molar refractivity (Wildman–Crippen MR) is 132 cm³/mol. The van der Waals surface area contributed by atoms with E-state index in [0.29, 0.717) is 24.4 Å². The molecule has 0 saturated heterocycles. The summed E-state index contributed by atoms with van der Waals surface area (Å²) in [6, 6.07) is 4.40. The zero-order valence-electron chi connectivity index (χ0n) is 20.8. The van der Waals surface area contributed by atoms with Crippen LogP contribution in [0.15, 0.2) is 23.1 Å². The molecule has 0 unspecified atom stereocenters. The Labute approximate surface area is 204 Å². The van der Waals surface area contributed by atoms with E-state index in [4.69, 9.17) is 4.74 Å². The zero-order chi connectivity index (χ0) is 24.9. The number of carbonyl (C=O) groups is 1. The maximum atomic E-state index is 13.6. The number of carbonyl (C=O) groups excluding carboxylic acids is 1. The Morgan fingerprint density at radius 1 is 1.29 bits per heavy atom. The summed E-state index contributed by atoms with van der Waals surface area (Å²) in [6.45, 7) is 5.66. The van der Waals surface area contributed by atoms with Crippen molar-refractivity contribution in [1.82, 2.24) is 9.21 Å². The van der Waals surface area contributed by atoms with Crippen molar-refractivity contribution in [3.05, 3.63) is 23.8 Å². The number of sulfonamides is 1. The Balaban J connectivity index is 2.01. The van der Waals surface area contributed by atoms with E-state index < -0.39 is 22.2 Å². The molecule has 1 aliphatic heterocycles. The first-order valence-corrected chi connectivity index (χ1v) is 13.8. The van der Waals surface area contributed by atoms with Gasteiger partial charge in [0.05, 0.1) is 13.2 Å². The SMILES string of the molecule is CCC(=O)N(C)C[C@@H]1Oc2cc(C#CC3CCCCC3)ccc2S(=O)(=O)N([C@@H](C)CO)C[C@@H]1C. The van der Waals surface area contributed by atoms with E-state index in [1.807, 2.05) is 13.8 Å². The van der Waals surface area contributed by atoms with E-state index in [0.717, 1.165) is 12.8 Å². The minimum atomic E-state index is -3.89. The maximum absolute atomic E-state index is 13.6. The minimum absolute atomic E-state index is 0.00149. The summed E-state index contributed by atoms with van der Waals surface area (Å²) in [5, 5.41) is 9.76. The lowest BCUT2D eigenvalue weighted by Gasteiger charge is -2.37. The van der Waals surface area contributed by atoms with Crippen molar-refractivity contribution in [3.8, 4) is 17.6 Å². The number of aliphatic hydroxyl groups excluding tert-OH is 1. The fraction of sp³-hybridized carbons (Fsp3) is 0.654. The largest absolute Gasteiger partial charge is 0.487 e. The minimum Gasteiger partial charge on any atom is -0.487 e. The molecular weight excluding hydrogens is 452 g/mol. The van der Waals surface area contributed by atoms with Crippen molar-refractivity contribution in [2.24, 2.45) is 11.8 Å². The quantitative estimate of drug-likeness (QED) is 0.641. The molecule has 3 rings (SSSR count). The molecule has 0 aromatic heterocycles. The Morgan fingerprint density at radius 3 is 2.65 bits per heavy atom. The average Bonchev–Trinajstić information content (AvgIpc) is 2.84. The average molecular weight is 491 g/mol. The van der Waals surface area contributed by atoms with Crippen LogP contribution in [-0.4, -0.2) is 67.5 Å². The van der Waals surface area contributed by atoms with Gasteiger partial charge in [0.2, 0.25) is 15.9 Å². The molecule has 3 atom stereocenters. The summed E-state index contributed by atoms with van der Waals surface area (Å²) in [5.41, 5.74) is 0.714. The highest BCUT2D eigenvalue weighted by Gasteiger charge is 2.38. The van der Waals surface area contributed by atoms with Gasteiger partial charge in [-0.15, -0.1) is 0 Å². The molecule has 7 nitrogen and oxygen atoms in total. The van der Waals surface area contributed by atoms with Crippen molar-refractivity contribution in [2.75, 3.05) is 26.7 Å². The van der Waals surface area contributed by atoms with Gasteiger partial charge in [-0.2, -0.15) is 4.31 Å². The molecule has 0 bridgehead atoms. The van der Waals surface area contributed by atoms with Crippen LogP contribution in [0.2, 0.25) is 0 Å². The topological polar surface area (TPSA) is 87.2 Å². The lowest BCUT2D eigenvalue weighted by Crippen LogP contribution is -2.50. The van der Waals surface area contributed by atoms with Gasteiger partial charge in [-0.3, -0.25) is 4.79 Å². The fourth-order valence-electron chi connectivity index (χ4n) is 4.60. The van der Waals surface area contributed by atoms with Gasteiger partial charge < -0.3 is 14.7 Å². The van der Waals surface area contributed by atoms with Crippen LogP contribution in [0.4, 0.5) is 0 Å². The molecule has 1 fully saturated rings. The Hall–Kier alpha value is -2.08. The number of benzene rings is 1. The molecule has 188 valence electrons. The van der Waals surface area contributed by atoms with Gasteiger partial charge in [0.25, 0.3) is 0 Å². The van der Waals surface area contributed by atoms with E-state index in [9.17, 15) is 18.3 Å². The van der Waals surface area contributed by atoms with E-state index in [1.54, 1.807) is 37.1 Å². The van der Waals surface area contributed by atoms with Crippen molar-refractivity contribution < 1.29 is 23.1 Å². The number of likely N-dealkylation sites (N-methyl/N-ethyl adjacent to an activating group) is 1. The molecule has 1 amide bonds. The molecule has 1 saturated carbocycles. The van der Waals surface area contributed by atoms with Crippen LogP contribution in [0.3, 0.4) is 0 Å². The molecule has 0 radical (unpaired) electrons. The summed E-state index contributed by atoms with van der Waals surface area (Å²) in [5.74, 6) is 7.00. The first kappa shape index (κ1) is 26.5. The highest BCUT2D eigenvalue weighted by atomic mass is 32.2. The maximum Gasteiger partial charge on any atom is 0.247 e. The summed E-state index contributed by atoms with van der Waals surface area (Å²) in [7, 11) is -2.16. The van der Waals surface area contributed by atoms with Crippen molar-refractivity contribution in [2.45, 2.75) is 76.3 Å². The number of hydrogen-bond donors (Lipinski definition) is 1. The standard InChI is InChI=1S/C26H38N2O5S/c1-5-26(30)27(4)17-24-19(2)16-28(20(3)18-29)34(31,32)25-14-13-22(15-23(25)33-24)12-11-21-9-7-6-8-10-21/h13-15,19-21,24,29H,5-10,16-18H2,1-4H3/t19-,20-,24-/m0/s1. The van der Waals surface area contributed by atoms with Gasteiger partial charge in [0.1, 0.15) is 16.7 Å². The van der Waals surface area contributed by atoms with Crippen LogP contribution < -0.4 is 4.74 Å². The zero-order valence-corrected chi connectivity index (χ0v) is 21.6. The molecular formula is C26H38N2O5S. The highest BCUT2D eigenvalue weighted by Crippen LogP contribution is 2.34. The van der Waals surface area contributed by atoms with Gasteiger partial charge in [-0.05, 0) is 38.0 Å². The Morgan fingerprint density at radius 2 is 2.00 bits per heavy atom. The first-order chi connectivity index (χ1) is 16.2. The van der Waals surface area contributed by atoms with Crippen LogP contribution in [0.1, 0.15) is 64.9 Å². The van der Waals surface area contributed by atoms with Crippen molar-refractivity contribution in [1.29, 1.82) is 0 Å². The highest BCUT2D eigenvalue weighted by molar-refractivity contribution is 7.89. The van der Waals surface area contributed by atoms with Crippen molar-refractivity contribution in [3.63, 3.8) is 0 Å². The van der Waals surface area contributed by atoms with Crippen molar-refractivity contribution >= 4 is 15.9 Å². The molecule has 1 aliphatic carbocycles. The molecule has 0 spiro atoms. The van der Waals surface area contributed by atoms with Gasteiger partial charge in [-0.25, -0.2) is 8.42 Å². The Bertz CT molecular complexity index is 1020. The second kappa shape index (κ2) is 11.6. The fourth-order valence-corrected chi connectivity index (χ4v) is 6.42. The molecule has 1 heterocycles. The summed E-state index contributed by atoms with van der Waals surface area (Å²) >= 11 is 0. The summed E-state index contributed by atoms with van der Waals surface area (Å²) in [6.07, 6.45) is 5.85. The lowest BCUT2D eigenvalue weighted by atomic mass is 9.90. The number of fused-ring (bicyclic) bond motifs is 1. The Kier molecular flexibility index (Phi) is 9.02. The van der Waals surface area contributed by atoms with E-state index in [-0.39, 0.29) is 35.6 Å². The molecule has 1 N–H and O–H groups in total. The number of amides is 1. The smallest absolute Gasteiger partial charge is 0.247 e. The van der Waals surface area contributed by atoms with E-state index in [2.05, 4.69) is 11.8 Å². The number of aliphatic hydroxyl groups is 1. The molecule has 1 aromatic carbocycles. The lowest BCUT2D eigenvalue weighted by molar-refractivity contribution is -0.131. The number of ether oxygens (including phenoxy) is 1. The molecule has 8 heteroatoms. The first-order valence-electron chi connectivity index (χ1n) is 12.4. The molecule has 2 aliphatic rings. The predicted octanol–water partition coefficient (Wildman–Crippen LogP) is 3.26. The van der Waals surface area contributed by atoms with Gasteiger partial charge >= 0.3 is 0 Å². The summed E-state index contributed by atoms with van der Waals surface area (Å²) in [4.78, 5) is 13.9. The number of nitrogens with zero attached hydrogens (tertiary/aromatic N) is 2. The van der Waals surface area contributed by atoms with Gasteiger partial charge in [-0.1, -0.05) is 45.0 Å². The number of hydrogen-bond acceptors (Lipinski definition) is 5. The molecule has 34 heavy (non-hydrogen) atoms. The van der Waals surface area contributed by atoms with E-state index >= 15 is 0 Å². The van der Waals surface area contributed by atoms with Crippen LogP contribution >= 0.6 is 0 Å². The van der Waals surface area contributed by atoms with Gasteiger partial charge in [0.15, 0.2) is 0 Å². The second-order valence-electron chi connectivity index (χ2n) is 9.63. The molecule has 1 aromatic rings. The number of rotatable bonds is 5. The van der Waals surface area contributed by atoms with Gasteiger partial charge in [0, 0.05) is 43.5 Å². The third-order valence-corrected chi connectivity index (χ3v) is 8.89. The summed E-state index contributed by atoms with van der Waals surface area (Å²) < 4.78 is 34.8. The monoisotopic (exact) mass is 490 g/mol. The third kappa shape index (κ3) is 6.12. The van der Waals surface area contributed by atoms with Crippen LogP contribution in [0, 0.1) is 23.7 Å². The normalized spacial score (nSPS) is 23.9. The second-order valence-corrected chi connectivity index (χ2v) is 11.5. The van der Waals surface area contributed by atoms with Crippen LogP contribution in [0.25, 0.3) is 0 Å². The van der Waals surface area contributed by atoms with Crippen LogP contribution in [-0.2, 0) is 14.8 Å². The third-order valence-electron chi connectivity index (χ3n) is 6.87. The van der Waals surface area contributed by atoms with Crippen LogP contribution in [0.5, 0.6) is 5.75 Å².